The first-order valence-electron chi connectivity index (χ1n) is 8.48. The van der Waals surface area contributed by atoms with Crippen molar-refractivity contribution in [1.29, 1.82) is 5.26 Å². The van der Waals surface area contributed by atoms with Gasteiger partial charge in [-0.3, -0.25) is 0 Å². The first-order valence-corrected chi connectivity index (χ1v) is 8.48. The second-order valence-electron chi connectivity index (χ2n) is 6.63. The Labute approximate surface area is 136 Å². The van der Waals surface area contributed by atoms with Gasteiger partial charge >= 0.3 is 0 Å². The minimum absolute atomic E-state index is 0.120. The zero-order valence-corrected chi connectivity index (χ0v) is 13.2. The highest BCUT2D eigenvalue weighted by Crippen LogP contribution is 2.39. The quantitative estimate of drug-likeness (QED) is 0.926. The van der Waals surface area contributed by atoms with Crippen LogP contribution in [0.25, 0.3) is 0 Å². The number of hydrogen-bond donors (Lipinski definition) is 1. The first kappa shape index (κ1) is 14.8. The van der Waals surface area contributed by atoms with Gasteiger partial charge < -0.3 is 19.5 Å². The van der Waals surface area contributed by atoms with Crippen molar-refractivity contribution in [2.75, 3.05) is 6.79 Å². The molecule has 0 bridgehead atoms. The van der Waals surface area contributed by atoms with Gasteiger partial charge in [0.1, 0.15) is 0 Å². The van der Waals surface area contributed by atoms with Gasteiger partial charge in [0.05, 0.1) is 24.7 Å². The van der Waals surface area contributed by atoms with Crippen LogP contribution in [0.15, 0.2) is 18.2 Å². The van der Waals surface area contributed by atoms with Gasteiger partial charge in [-0.25, -0.2) is 0 Å². The minimum Gasteiger partial charge on any atom is -0.454 e. The summed E-state index contributed by atoms with van der Waals surface area (Å²) in [6.45, 7) is 1.09. The molecule has 2 aliphatic heterocycles. The van der Waals surface area contributed by atoms with E-state index in [9.17, 15) is 0 Å². The summed E-state index contributed by atoms with van der Waals surface area (Å²) in [5, 5.41) is 12.6. The van der Waals surface area contributed by atoms with Crippen molar-refractivity contribution >= 4 is 0 Å². The van der Waals surface area contributed by atoms with Crippen LogP contribution < -0.4 is 14.8 Å². The van der Waals surface area contributed by atoms with E-state index >= 15 is 0 Å². The van der Waals surface area contributed by atoms with Crippen molar-refractivity contribution < 1.29 is 14.2 Å². The Morgan fingerprint density at radius 3 is 3.13 bits per heavy atom. The fourth-order valence-electron chi connectivity index (χ4n) is 4.18. The Morgan fingerprint density at radius 1 is 1.26 bits per heavy atom. The molecule has 122 valence electrons. The maximum Gasteiger partial charge on any atom is 0.231 e. The predicted octanol–water partition coefficient (Wildman–Crippen LogP) is 2.74. The van der Waals surface area contributed by atoms with Gasteiger partial charge in [-0.2, -0.15) is 5.26 Å². The third-order valence-corrected chi connectivity index (χ3v) is 5.25. The summed E-state index contributed by atoms with van der Waals surface area (Å²) >= 11 is 0. The van der Waals surface area contributed by atoms with E-state index in [0.717, 1.165) is 36.4 Å². The van der Waals surface area contributed by atoms with Crippen molar-refractivity contribution in [3.63, 3.8) is 0 Å². The lowest BCUT2D eigenvalue weighted by atomic mass is 9.81. The van der Waals surface area contributed by atoms with E-state index in [1.165, 1.54) is 12.8 Å². The number of ether oxygens (including phenoxy) is 3. The molecule has 1 aromatic rings. The third-order valence-electron chi connectivity index (χ3n) is 5.25. The highest BCUT2D eigenvalue weighted by Gasteiger charge is 2.41. The van der Waals surface area contributed by atoms with E-state index in [0.29, 0.717) is 31.3 Å². The van der Waals surface area contributed by atoms with Crippen LogP contribution >= 0.6 is 0 Å². The smallest absolute Gasteiger partial charge is 0.231 e. The second-order valence-corrected chi connectivity index (χ2v) is 6.63. The Hall–Kier alpha value is -1.77. The lowest BCUT2D eigenvalue weighted by molar-refractivity contribution is 0.0139. The second kappa shape index (κ2) is 6.38. The Kier molecular flexibility index (Phi) is 4.11. The summed E-state index contributed by atoms with van der Waals surface area (Å²) in [4.78, 5) is 0. The largest absolute Gasteiger partial charge is 0.454 e. The third kappa shape index (κ3) is 2.89. The van der Waals surface area contributed by atoms with Crippen LogP contribution in [-0.4, -0.2) is 25.0 Å². The number of rotatable bonds is 4. The summed E-state index contributed by atoms with van der Waals surface area (Å²) in [6.07, 6.45) is 5.44. The van der Waals surface area contributed by atoms with E-state index in [2.05, 4.69) is 17.5 Å². The maximum atomic E-state index is 8.90. The molecule has 0 amide bonds. The minimum atomic E-state index is 0.120. The summed E-state index contributed by atoms with van der Waals surface area (Å²) in [5.74, 6) is 2.23. The van der Waals surface area contributed by atoms with Crippen molar-refractivity contribution in [2.45, 2.75) is 56.9 Å². The summed E-state index contributed by atoms with van der Waals surface area (Å²) in [5.41, 5.74) is 1.15. The van der Waals surface area contributed by atoms with Gasteiger partial charge in [0.25, 0.3) is 0 Å². The molecule has 0 radical (unpaired) electrons. The molecule has 4 atom stereocenters. The lowest BCUT2D eigenvalue weighted by Crippen LogP contribution is -2.42. The Balaban J connectivity index is 1.41. The summed E-state index contributed by atoms with van der Waals surface area (Å²) in [7, 11) is 0. The molecule has 2 fully saturated rings. The van der Waals surface area contributed by atoms with E-state index in [4.69, 9.17) is 19.5 Å². The van der Waals surface area contributed by atoms with Gasteiger partial charge in [-0.15, -0.1) is 0 Å². The molecule has 2 heterocycles. The topological polar surface area (TPSA) is 63.5 Å². The van der Waals surface area contributed by atoms with E-state index < -0.39 is 0 Å². The van der Waals surface area contributed by atoms with Crippen LogP contribution in [0.2, 0.25) is 0 Å². The molecular formula is C18H22N2O3. The number of hydrogen-bond acceptors (Lipinski definition) is 5. The fourth-order valence-corrected chi connectivity index (χ4v) is 4.18. The number of para-hydroxylation sites is 1. The number of nitrogens with zero attached hydrogens (tertiary/aromatic N) is 1. The van der Waals surface area contributed by atoms with Crippen molar-refractivity contribution in [2.24, 2.45) is 5.92 Å². The van der Waals surface area contributed by atoms with Crippen LogP contribution in [0.1, 0.15) is 37.7 Å². The van der Waals surface area contributed by atoms with Gasteiger partial charge in [0.2, 0.25) is 6.79 Å². The molecule has 4 rings (SSSR count). The molecule has 1 aliphatic carbocycles. The zero-order chi connectivity index (χ0) is 15.6. The average molecular weight is 314 g/mol. The van der Waals surface area contributed by atoms with Crippen molar-refractivity contribution in [1.82, 2.24) is 5.32 Å². The van der Waals surface area contributed by atoms with Crippen LogP contribution in [0, 0.1) is 17.2 Å². The molecule has 3 aliphatic rings. The fraction of sp³-hybridized carbons (Fsp3) is 0.611. The SMILES string of the molecule is N#CCC1CC2C(NCc3cccc4c3OCO4)CCCC2O1. The molecule has 4 unspecified atom stereocenters. The van der Waals surface area contributed by atoms with Crippen LogP contribution in [0.4, 0.5) is 0 Å². The van der Waals surface area contributed by atoms with E-state index in [1.54, 1.807) is 0 Å². The van der Waals surface area contributed by atoms with Gasteiger partial charge in [-0.05, 0) is 31.7 Å². The number of benzene rings is 1. The van der Waals surface area contributed by atoms with Gasteiger partial charge in [-0.1, -0.05) is 12.1 Å². The normalized spacial score (nSPS) is 31.6. The lowest BCUT2D eigenvalue weighted by Gasteiger charge is -2.33. The molecule has 23 heavy (non-hydrogen) atoms. The summed E-state index contributed by atoms with van der Waals surface area (Å²) in [6, 6.07) is 8.74. The molecular weight excluding hydrogens is 292 g/mol. The molecule has 5 heteroatoms. The number of fused-ring (bicyclic) bond motifs is 2. The first-order chi connectivity index (χ1) is 11.3. The standard InChI is InChI=1S/C18H22N2O3/c19-8-7-13-9-14-15(4-2-5-16(14)23-13)20-10-12-3-1-6-17-18(12)22-11-21-17/h1,3,6,13-16,20H,2,4-5,7,9-11H2. The highest BCUT2D eigenvalue weighted by atomic mass is 16.7. The zero-order valence-electron chi connectivity index (χ0n) is 13.2. The van der Waals surface area contributed by atoms with Gasteiger partial charge in [0, 0.05) is 24.1 Å². The van der Waals surface area contributed by atoms with Gasteiger partial charge in [0.15, 0.2) is 11.5 Å². The summed E-state index contributed by atoms with van der Waals surface area (Å²) < 4.78 is 17.1. The molecule has 1 aromatic carbocycles. The Bertz CT molecular complexity index is 613. The van der Waals surface area contributed by atoms with Crippen LogP contribution in [0.3, 0.4) is 0 Å². The Morgan fingerprint density at radius 2 is 2.22 bits per heavy atom. The maximum absolute atomic E-state index is 8.90. The van der Waals surface area contributed by atoms with Crippen molar-refractivity contribution in [3.8, 4) is 17.6 Å². The predicted molar refractivity (Wildman–Crippen MR) is 84.0 cm³/mol. The molecule has 0 aromatic heterocycles. The van der Waals surface area contributed by atoms with Crippen molar-refractivity contribution in [3.05, 3.63) is 23.8 Å². The van der Waals surface area contributed by atoms with Crippen LogP contribution in [0.5, 0.6) is 11.5 Å². The average Bonchev–Trinajstić information content (AvgIpc) is 3.19. The molecule has 1 saturated heterocycles. The molecule has 5 nitrogen and oxygen atoms in total. The molecule has 0 spiro atoms. The molecule has 1 N–H and O–H groups in total. The number of nitrogens with one attached hydrogen (secondary N) is 1. The monoisotopic (exact) mass is 314 g/mol. The van der Waals surface area contributed by atoms with E-state index in [1.807, 2.05) is 12.1 Å². The molecule has 1 saturated carbocycles. The van der Waals surface area contributed by atoms with Crippen LogP contribution in [-0.2, 0) is 11.3 Å². The van der Waals surface area contributed by atoms with E-state index in [-0.39, 0.29) is 6.10 Å². The number of nitriles is 1. The highest BCUT2D eigenvalue weighted by molar-refractivity contribution is 5.48.